The van der Waals surface area contributed by atoms with Crippen molar-refractivity contribution in [2.45, 2.75) is 6.61 Å². The number of methoxy groups -OCH3 is 1. The average Bonchev–Trinajstić information content (AvgIpc) is 2.72. The monoisotopic (exact) mass is 206 g/mol. The second-order valence-electron chi connectivity index (χ2n) is 2.90. The summed E-state index contributed by atoms with van der Waals surface area (Å²) in [5.74, 6) is 0.791. The van der Waals surface area contributed by atoms with Gasteiger partial charge in [-0.2, -0.15) is 0 Å². The number of ether oxygens (including phenoxy) is 1. The summed E-state index contributed by atoms with van der Waals surface area (Å²) in [6, 6.07) is 3.61. The molecule has 5 nitrogen and oxygen atoms in total. The minimum atomic E-state index is -0.184. The first-order chi connectivity index (χ1) is 7.36. The Hall–Kier alpha value is -1.88. The third kappa shape index (κ3) is 1.69. The lowest BCUT2D eigenvalue weighted by molar-refractivity contribution is 0.273. The summed E-state index contributed by atoms with van der Waals surface area (Å²) in [6.45, 7) is -0.184. The molecule has 0 unspecified atom stereocenters. The highest BCUT2D eigenvalue weighted by Gasteiger charge is 2.17. The van der Waals surface area contributed by atoms with Gasteiger partial charge in [0.05, 0.1) is 19.3 Å². The maximum atomic E-state index is 9.18. The second kappa shape index (κ2) is 4.10. The Balaban J connectivity index is 2.49. The van der Waals surface area contributed by atoms with Crippen LogP contribution in [0.4, 0.5) is 0 Å². The van der Waals surface area contributed by atoms with E-state index >= 15 is 0 Å². The standard InChI is InChI=1S/C10H10N2O3/c1-14-10-8(6-13)9(15-12-10)7-3-2-4-11-5-7/h2-5,13H,6H2,1H3. The fourth-order valence-electron chi connectivity index (χ4n) is 1.32. The largest absolute Gasteiger partial charge is 0.479 e. The van der Waals surface area contributed by atoms with Crippen LogP contribution in [-0.2, 0) is 6.61 Å². The molecule has 78 valence electrons. The molecule has 0 atom stereocenters. The average molecular weight is 206 g/mol. The van der Waals surface area contributed by atoms with Crippen LogP contribution in [0.15, 0.2) is 29.0 Å². The quantitative estimate of drug-likeness (QED) is 0.818. The van der Waals surface area contributed by atoms with Crippen molar-refractivity contribution in [3.63, 3.8) is 0 Å². The van der Waals surface area contributed by atoms with Gasteiger partial charge in [-0.3, -0.25) is 4.98 Å². The molecule has 0 aliphatic heterocycles. The van der Waals surface area contributed by atoms with Crippen LogP contribution < -0.4 is 4.74 Å². The summed E-state index contributed by atoms with van der Waals surface area (Å²) in [5.41, 5.74) is 1.29. The second-order valence-corrected chi connectivity index (χ2v) is 2.90. The van der Waals surface area contributed by atoms with Gasteiger partial charge in [-0.25, -0.2) is 0 Å². The fourth-order valence-corrected chi connectivity index (χ4v) is 1.32. The van der Waals surface area contributed by atoms with Crippen LogP contribution in [0.25, 0.3) is 11.3 Å². The lowest BCUT2D eigenvalue weighted by Gasteiger charge is -1.98. The zero-order valence-electron chi connectivity index (χ0n) is 8.17. The van der Waals surface area contributed by atoms with Crippen LogP contribution in [0.5, 0.6) is 5.88 Å². The molecule has 0 saturated heterocycles. The Morgan fingerprint density at radius 1 is 1.53 bits per heavy atom. The van der Waals surface area contributed by atoms with Crippen molar-refractivity contribution in [2.75, 3.05) is 7.11 Å². The summed E-state index contributed by atoms with van der Waals surface area (Å²) >= 11 is 0. The molecular formula is C10H10N2O3. The van der Waals surface area contributed by atoms with Crippen LogP contribution in [0.3, 0.4) is 0 Å². The minimum absolute atomic E-state index is 0.184. The van der Waals surface area contributed by atoms with Crippen LogP contribution >= 0.6 is 0 Å². The van der Waals surface area contributed by atoms with Crippen molar-refractivity contribution in [3.05, 3.63) is 30.1 Å². The van der Waals surface area contributed by atoms with E-state index in [4.69, 9.17) is 9.26 Å². The van der Waals surface area contributed by atoms with Gasteiger partial charge in [0.15, 0.2) is 5.76 Å². The molecule has 2 rings (SSSR count). The molecule has 0 spiro atoms. The number of nitrogens with zero attached hydrogens (tertiary/aromatic N) is 2. The third-order valence-electron chi connectivity index (χ3n) is 2.03. The van der Waals surface area contributed by atoms with Crippen molar-refractivity contribution in [1.82, 2.24) is 10.1 Å². The maximum absolute atomic E-state index is 9.18. The maximum Gasteiger partial charge on any atom is 0.260 e. The first kappa shape index (κ1) is 9.67. The summed E-state index contributed by atoms with van der Waals surface area (Å²) < 4.78 is 10.0. The van der Waals surface area contributed by atoms with E-state index in [0.717, 1.165) is 5.56 Å². The molecule has 15 heavy (non-hydrogen) atoms. The normalized spacial score (nSPS) is 10.3. The number of hydrogen-bond donors (Lipinski definition) is 1. The van der Waals surface area contributed by atoms with E-state index in [2.05, 4.69) is 10.1 Å². The molecule has 2 aromatic rings. The number of aliphatic hydroxyl groups is 1. The van der Waals surface area contributed by atoms with E-state index < -0.39 is 0 Å². The van der Waals surface area contributed by atoms with Crippen molar-refractivity contribution >= 4 is 0 Å². The van der Waals surface area contributed by atoms with E-state index in [1.165, 1.54) is 7.11 Å². The highest BCUT2D eigenvalue weighted by molar-refractivity contribution is 5.61. The number of aliphatic hydroxyl groups excluding tert-OH is 1. The number of hydrogen-bond acceptors (Lipinski definition) is 5. The predicted molar refractivity (Wildman–Crippen MR) is 52.2 cm³/mol. The first-order valence-corrected chi connectivity index (χ1v) is 4.40. The molecule has 0 bridgehead atoms. The highest BCUT2D eigenvalue weighted by atomic mass is 16.5. The van der Waals surface area contributed by atoms with Crippen molar-refractivity contribution in [1.29, 1.82) is 0 Å². The van der Waals surface area contributed by atoms with Crippen LogP contribution in [0.1, 0.15) is 5.56 Å². The Morgan fingerprint density at radius 3 is 3.00 bits per heavy atom. The zero-order valence-corrected chi connectivity index (χ0v) is 8.17. The molecule has 2 aromatic heterocycles. The molecule has 0 amide bonds. The number of pyridine rings is 1. The predicted octanol–water partition coefficient (Wildman–Crippen LogP) is 1.24. The molecule has 5 heteroatoms. The summed E-state index contributed by atoms with van der Waals surface area (Å²) in [5, 5.41) is 12.9. The molecule has 0 radical (unpaired) electrons. The molecule has 0 aromatic carbocycles. The molecule has 0 aliphatic carbocycles. The Morgan fingerprint density at radius 2 is 2.40 bits per heavy atom. The summed E-state index contributed by atoms with van der Waals surface area (Å²) in [4.78, 5) is 3.96. The lowest BCUT2D eigenvalue weighted by atomic mass is 10.1. The fraction of sp³-hybridized carbons (Fsp3) is 0.200. The molecule has 0 saturated carbocycles. The Bertz CT molecular complexity index is 439. The van der Waals surface area contributed by atoms with Crippen molar-refractivity contribution in [2.24, 2.45) is 0 Å². The van der Waals surface area contributed by atoms with Gasteiger partial charge in [0.2, 0.25) is 0 Å². The van der Waals surface area contributed by atoms with E-state index in [1.54, 1.807) is 18.5 Å². The van der Waals surface area contributed by atoms with Crippen LogP contribution in [0.2, 0.25) is 0 Å². The van der Waals surface area contributed by atoms with E-state index in [1.807, 2.05) is 6.07 Å². The summed E-state index contributed by atoms with van der Waals surface area (Å²) in [6.07, 6.45) is 3.30. The SMILES string of the molecule is COc1noc(-c2cccnc2)c1CO. The van der Waals surface area contributed by atoms with Gasteiger partial charge >= 0.3 is 0 Å². The van der Waals surface area contributed by atoms with Crippen LogP contribution in [0, 0.1) is 0 Å². The lowest BCUT2D eigenvalue weighted by Crippen LogP contribution is -1.90. The molecule has 0 aliphatic rings. The van der Waals surface area contributed by atoms with Crippen molar-refractivity contribution in [3.8, 4) is 17.2 Å². The molecule has 1 N–H and O–H groups in total. The van der Waals surface area contributed by atoms with Gasteiger partial charge in [0, 0.05) is 18.0 Å². The molecule has 2 heterocycles. The highest BCUT2D eigenvalue weighted by Crippen LogP contribution is 2.29. The third-order valence-corrected chi connectivity index (χ3v) is 2.03. The van der Waals surface area contributed by atoms with E-state index in [0.29, 0.717) is 17.2 Å². The number of aromatic nitrogens is 2. The Labute approximate surface area is 86.3 Å². The van der Waals surface area contributed by atoms with Gasteiger partial charge in [0.1, 0.15) is 0 Å². The van der Waals surface area contributed by atoms with E-state index in [9.17, 15) is 5.11 Å². The van der Waals surface area contributed by atoms with Gasteiger partial charge in [-0.1, -0.05) is 0 Å². The van der Waals surface area contributed by atoms with E-state index in [-0.39, 0.29) is 6.61 Å². The topological polar surface area (TPSA) is 68.4 Å². The Kier molecular flexibility index (Phi) is 2.64. The molecule has 0 fully saturated rings. The van der Waals surface area contributed by atoms with Gasteiger partial charge in [-0.05, 0) is 17.3 Å². The number of rotatable bonds is 3. The molecular weight excluding hydrogens is 196 g/mol. The van der Waals surface area contributed by atoms with Crippen LogP contribution in [-0.4, -0.2) is 22.4 Å². The van der Waals surface area contributed by atoms with Crippen molar-refractivity contribution < 1.29 is 14.4 Å². The summed E-state index contributed by atoms with van der Waals surface area (Å²) in [7, 11) is 1.48. The smallest absolute Gasteiger partial charge is 0.260 e. The zero-order chi connectivity index (χ0) is 10.7. The van der Waals surface area contributed by atoms with Gasteiger partial charge in [0.25, 0.3) is 5.88 Å². The first-order valence-electron chi connectivity index (χ1n) is 4.40. The van der Waals surface area contributed by atoms with Gasteiger partial charge < -0.3 is 14.4 Å². The minimum Gasteiger partial charge on any atom is -0.479 e. The van der Waals surface area contributed by atoms with Gasteiger partial charge in [-0.15, -0.1) is 0 Å².